The van der Waals surface area contributed by atoms with E-state index < -0.39 is 0 Å². The first-order chi connectivity index (χ1) is 7.18. The Morgan fingerprint density at radius 2 is 1.94 bits per heavy atom. The molecule has 0 unspecified atom stereocenters. The summed E-state index contributed by atoms with van der Waals surface area (Å²) in [6.07, 6.45) is 0. The summed E-state index contributed by atoms with van der Waals surface area (Å²) in [6.45, 7) is 9.04. The molecule has 17 heavy (non-hydrogen) atoms. The van der Waals surface area contributed by atoms with Crippen molar-refractivity contribution in [3.63, 3.8) is 0 Å². The highest BCUT2D eigenvalue weighted by Gasteiger charge is 2.19. The van der Waals surface area contributed by atoms with E-state index in [2.05, 4.69) is 46.1 Å². The minimum atomic E-state index is 0. The van der Waals surface area contributed by atoms with Crippen LogP contribution in [0.25, 0.3) is 0 Å². The number of thiophene rings is 1. The summed E-state index contributed by atoms with van der Waals surface area (Å²) in [5, 5.41) is 3.39. The minimum Gasteiger partial charge on any atom is -0.314 e. The highest BCUT2D eigenvalue weighted by atomic mass is 79.9. The lowest BCUT2D eigenvalue weighted by molar-refractivity contribution is 0.188. The first-order valence-corrected chi connectivity index (χ1v) is 7.00. The monoisotopic (exact) mass is 360 g/mol. The Kier molecular flexibility index (Phi) is 8.29. The van der Waals surface area contributed by atoms with Crippen LogP contribution in [0, 0.1) is 6.92 Å². The fourth-order valence-electron chi connectivity index (χ4n) is 1.94. The van der Waals surface area contributed by atoms with Crippen LogP contribution in [-0.2, 0) is 0 Å². The van der Waals surface area contributed by atoms with Gasteiger partial charge in [-0.15, -0.1) is 36.2 Å². The summed E-state index contributed by atoms with van der Waals surface area (Å²) in [5.41, 5.74) is 1.36. The molecule has 1 aromatic rings. The molecule has 100 valence electrons. The largest absolute Gasteiger partial charge is 0.314 e. The summed E-state index contributed by atoms with van der Waals surface area (Å²) in [5.74, 6) is 0. The molecule has 1 fully saturated rings. The Morgan fingerprint density at radius 1 is 1.35 bits per heavy atom. The SMILES string of the molecule is Cc1cc([C@@H](C)N2CCNCC2)sc1Br.Cl.Cl. The van der Waals surface area contributed by atoms with Crippen LogP contribution in [0.15, 0.2) is 9.85 Å². The maximum absolute atomic E-state index is 3.60. The third kappa shape index (κ3) is 4.37. The van der Waals surface area contributed by atoms with Crippen molar-refractivity contribution in [3.05, 3.63) is 20.3 Å². The zero-order chi connectivity index (χ0) is 10.8. The third-order valence-corrected chi connectivity index (χ3v) is 5.29. The summed E-state index contributed by atoms with van der Waals surface area (Å²) >= 11 is 5.47. The number of nitrogens with zero attached hydrogens (tertiary/aromatic N) is 1. The number of aryl methyl sites for hydroxylation is 1. The summed E-state index contributed by atoms with van der Waals surface area (Å²) in [6, 6.07) is 2.86. The minimum absolute atomic E-state index is 0. The van der Waals surface area contributed by atoms with Gasteiger partial charge in [-0.1, -0.05) is 0 Å². The van der Waals surface area contributed by atoms with E-state index in [1.807, 2.05) is 11.3 Å². The molecule has 2 nitrogen and oxygen atoms in total. The number of halogens is 3. The number of hydrogen-bond acceptors (Lipinski definition) is 3. The molecule has 1 aliphatic rings. The second-order valence-electron chi connectivity index (χ2n) is 4.07. The maximum atomic E-state index is 3.60. The predicted octanol–water partition coefficient (Wildman–Crippen LogP) is 3.63. The van der Waals surface area contributed by atoms with Gasteiger partial charge in [0.1, 0.15) is 0 Å². The number of nitrogens with one attached hydrogen (secondary N) is 1. The second kappa shape index (κ2) is 7.97. The van der Waals surface area contributed by atoms with Crippen molar-refractivity contribution in [3.8, 4) is 0 Å². The summed E-state index contributed by atoms with van der Waals surface area (Å²) in [4.78, 5) is 4.02. The average Bonchev–Trinajstić information content (AvgIpc) is 2.59. The van der Waals surface area contributed by atoms with Gasteiger partial charge in [-0.25, -0.2) is 0 Å². The van der Waals surface area contributed by atoms with Crippen LogP contribution in [0.5, 0.6) is 0 Å². The van der Waals surface area contributed by atoms with E-state index in [-0.39, 0.29) is 24.8 Å². The van der Waals surface area contributed by atoms with Crippen molar-refractivity contribution in [1.82, 2.24) is 10.2 Å². The molecule has 2 rings (SSSR count). The Hall–Kier alpha value is 0.680. The van der Waals surface area contributed by atoms with E-state index >= 15 is 0 Å². The van der Waals surface area contributed by atoms with E-state index in [9.17, 15) is 0 Å². The normalized spacial score (nSPS) is 18.1. The van der Waals surface area contributed by atoms with Crippen LogP contribution in [0.4, 0.5) is 0 Å². The molecular weight excluding hydrogens is 343 g/mol. The second-order valence-corrected chi connectivity index (χ2v) is 6.47. The van der Waals surface area contributed by atoms with E-state index in [0.29, 0.717) is 6.04 Å². The van der Waals surface area contributed by atoms with Crippen molar-refractivity contribution >= 4 is 52.1 Å². The smallest absolute Gasteiger partial charge is 0.0731 e. The maximum Gasteiger partial charge on any atom is 0.0731 e. The Labute approximate surface area is 128 Å². The van der Waals surface area contributed by atoms with E-state index in [4.69, 9.17) is 0 Å². The van der Waals surface area contributed by atoms with Gasteiger partial charge in [0, 0.05) is 37.1 Å². The summed E-state index contributed by atoms with van der Waals surface area (Å²) in [7, 11) is 0. The van der Waals surface area contributed by atoms with Crippen LogP contribution in [0.1, 0.15) is 23.4 Å². The van der Waals surface area contributed by atoms with Crippen LogP contribution < -0.4 is 5.32 Å². The third-order valence-electron chi connectivity index (χ3n) is 2.99. The molecule has 0 spiro atoms. The highest BCUT2D eigenvalue weighted by molar-refractivity contribution is 9.11. The average molecular weight is 362 g/mol. The van der Waals surface area contributed by atoms with E-state index in [0.717, 1.165) is 26.2 Å². The Balaban J connectivity index is 0.00000128. The number of rotatable bonds is 2. The van der Waals surface area contributed by atoms with Gasteiger partial charge in [0.05, 0.1) is 3.79 Å². The molecule has 0 saturated carbocycles. The van der Waals surface area contributed by atoms with Crippen molar-refractivity contribution in [1.29, 1.82) is 0 Å². The molecular formula is C11H19BrCl2N2S. The zero-order valence-corrected chi connectivity index (χ0v) is 14.1. The molecule has 6 heteroatoms. The molecule has 2 heterocycles. The Morgan fingerprint density at radius 3 is 2.41 bits per heavy atom. The molecule has 1 atom stereocenters. The highest BCUT2D eigenvalue weighted by Crippen LogP contribution is 2.33. The molecule has 0 amide bonds. The van der Waals surface area contributed by atoms with Gasteiger partial charge in [0.25, 0.3) is 0 Å². The van der Waals surface area contributed by atoms with Crippen molar-refractivity contribution < 1.29 is 0 Å². The molecule has 1 aliphatic heterocycles. The fourth-order valence-corrected chi connectivity index (χ4v) is 3.60. The lowest BCUT2D eigenvalue weighted by Crippen LogP contribution is -2.44. The van der Waals surface area contributed by atoms with Gasteiger partial charge in [0.15, 0.2) is 0 Å². The van der Waals surface area contributed by atoms with Gasteiger partial charge >= 0.3 is 0 Å². The first kappa shape index (κ1) is 17.7. The number of hydrogen-bond donors (Lipinski definition) is 1. The van der Waals surface area contributed by atoms with E-state index in [1.54, 1.807) is 0 Å². The van der Waals surface area contributed by atoms with Gasteiger partial charge in [0.2, 0.25) is 0 Å². The molecule has 0 radical (unpaired) electrons. The van der Waals surface area contributed by atoms with Crippen LogP contribution in [0.3, 0.4) is 0 Å². The van der Waals surface area contributed by atoms with Gasteiger partial charge in [-0.05, 0) is 41.4 Å². The van der Waals surface area contributed by atoms with Crippen LogP contribution in [0.2, 0.25) is 0 Å². The molecule has 1 aromatic heterocycles. The van der Waals surface area contributed by atoms with E-state index in [1.165, 1.54) is 14.2 Å². The quantitative estimate of drug-likeness (QED) is 0.865. The first-order valence-electron chi connectivity index (χ1n) is 5.39. The number of piperazine rings is 1. The fraction of sp³-hybridized carbons (Fsp3) is 0.636. The lowest BCUT2D eigenvalue weighted by atomic mass is 10.2. The lowest BCUT2D eigenvalue weighted by Gasteiger charge is -2.32. The molecule has 1 saturated heterocycles. The zero-order valence-electron chi connectivity index (χ0n) is 10.0. The summed E-state index contributed by atoms with van der Waals surface area (Å²) < 4.78 is 1.28. The standard InChI is InChI=1S/C11H17BrN2S.2ClH/c1-8-7-10(15-11(8)12)9(2)14-5-3-13-4-6-14;;/h7,9,13H,3-6H2,1-2H3;2*1H/t9-;;/m1../s1. The Bertz CT molecular complexity index is 321. The molecule has 0 aromatic carbocycles. The van der Waals surface area contributed by atoms with Gasteiger partial charge < -0.3 is 5.32 Å². The van der Waals surface area contributed by atoms with Gasteiger partial charge in [-0.2, -0.15) is 0 Å². The van der Waals surface area contributed by atoms with Gasteiger partial charge in [-0.3, -0.25) is 4.90 Å². The molecule has 0 aliphatic carbocycles. The topological polar surface area (TPSA) is 15.3 Å². The van der Waals surface area contributed by atoms with Crippen molar-refractivity contribution in [2.45, 2.75) is 19.9 Å². The van der Waals surface area contributed by atoms with Crippen molar-refractivity contribution in [2.75, 3.05) is 26.2 Å². The predicted molar refractivity (Wildman–Crippen MR) is 84.1 cm³/mol. The van der Waals surface area contributed by atoms with Crippen LogP contribution in [-0.4, -0.2) is 31.1 Å². The van der Waals surface area contributed by atoms with Crippen molar-refractivity contribution in [2.24, 2.45) is 0 Å². The molecule has 1 N–H and O–H groups in total. The molecule has 0 bridgehead atoms. The van der Waals surface area contributed by atoms with Crippen LogP contribution >= 0.6 is 52.1 Å².